The Hall–Kier alpha value is -1.22. The molecular formula is C9H11N3O3S2. The summed E-state index contributed by atoms with van der Waals surface area (Å²) >= 11 is 1.05. The first-order chi connectivity index (χ1) is 8.12. The van der Waals surface area contributed by atoms with E-state index < -0.39 is 10.0 Å². The van der Waals surface area contributed by atoms with Gasteiger partial charge in [-0.25, -0.2) is 18.1 Å². The minimum absolute atomic E-state index is 0.113. The number of aromatic amines is 1. The SMILES string of the molecule is O=S(=O)(NCc1ncc[nH]1)c1ccc(CO)s1. The van der Waals surface area contributed by atoms with Crippen LogP contribution in [-0.4, -0.2) is 23.5 Å². The van der Waals surface area contributed by atoms with E-state index in [1.807, 2.05) is 0 Å². The summed E-state index contributed by atoms with van der Waals surface area (Å²) in [5.74, 6) is 0.549. The average molecular weight is 273 g/mol. The largest absolute Gasteiger partial charge is 0.391 e. The van der Waals surface area contributed by atoms with Crippen LogP contribution in [0, 0.1) is 0 Å². The number of imidazole rings is 1. The van der Waals surface area contributed by atoms with Crippen LogP contribution in [0.15, 0.2) is 28.7 Å². The van der Waals surface area contributed by atoms with Crippen molar-refractivity contribution in [2.45, 2.75) is 17.4 Å². The van der Waals surface area contributed by atoms with E-state index in [1.165, 1.54) is 6.07 Å². The van der Waals surface area contributed by atoms with Gasteiger partial charge in [0.1, 0.15) is 10.0 Å². The van der Waals surface area contributed by atoms with Crippen LogP contribution in [0.3, 0.4) is 0 Å². The molecular weight excluding hydrogens is 262 g/mol. The molecule has 0 atom stereocenters. The molecule has 6 nitrogen and oxygen atoms in total. The van der Waals surface area contributed by atoms with Gasteiger partial charge in [0.15, 0.2) is 0 Å². The van der Waals surface area contributed by atoms with E-state index in [9.17, 15) is 8.42 Å². The van der Waals surface area contributed by atoms with Crippen molar-refractivity contribution in [3.8, 4) is 0 Å². The molecule has 8 heteroatoms. The van der Waals surface area contributed by atoms with Gasteiger partial charge in [0.25, 0.3) is 0 Å². The minimum atomic E-state index is -3.53. The number of H-pyrrole nitrogens is 1. The summed E-state index contributed by atoms with van der Waals surface area (Å²) in [7, 11) is -3.53. The van der Waals surface area contributed by atoms with Crippen molar-refractivity contribution in [2.75, 3.05) is 0 Å². The molecule has 92 valence electrons. The normalized spacial score (nSPS) is 11.8. The molecule has 2 heterocycles. The minimum Gasteiger partial charge on any atom is -0.391 e. The number of aromatic nitrogens is 2. The van der Waals surface area contributed by atoms with E-state index in [4.69, 9.17) is 5.11 Å². The lowest BCUT2D eigenvalue weighted by Gasteiger charge is -2.02. The molecule has 0 bridgehead atoms. The van der Waals surface area contributed by atoms with Crippen LogP contribution in [0.25, 0.3) is 0 Å². The second kappa shape index (κ2) is 4.96. The van der Waals surface area contributed by atoms with Gasteiger partial charge in [0.2, 0.25) is 10.0 Å². The molecule has 0 saturated heterocycles. The maximum Gasteiger partial charge on any atom is 0.250 e. The quantitative estimate of drug-likeness (QED) is 0.736. The number of hydrogen-bond acceptors (Lipinski definition) is 5. The Morgan fingerprint density at radius 1 is 1.47 bits per heavy atom. The number of hydrogen-bond donors (Lipinski definition) is 3. The van der Waals surface area contributed by atoms with Crippen LogP contribution < -0.4 is 4.72 Å². The van der Waals surface area contributed by atoms with Crippen LogP contribution >= 0.6 is 11.3 Å². The maximum absolute atomic E-state index is 11.8. The summed E-state index contributed by atoms with van der Waals surface area (Å²) in [5.41, 5.74) is 0. The number of nitrogens with one attached hydrogen (secondary N) is 2. The smallest absolute Gasteiger partial charge is 0.250 e. The highest BCUT2D eigenvalue weighted by molar-refractivity contribution is 7.91. The van der Waals surface area contributed by atoms with Crippen LogP contribution in [0.5, 0.6) is 0 Å². The predicted octanol–water partition coefficient (Wildman–Crippen LogP) is 0.442. The van der Waals surface area contributed by atoms with E-state index in [2.05, 4.69) is 14.7 Å². The van der Waals surface area contributed by atoms with Crippen LogP contribution in [-0.2, 0) is 23.2 Å². The van der Waals surface area contributed by atoms with Gasteiger partial charge in [0, 0.05) is 17.3 Å². The Labute approximate surface area is 102 Å². The lowest BCUT2D eigenvalue weighted by molar-refractivity contribution is 0.285. The van der Waals surface area contributed by atoms with E-state index in [-0.39, 0.29) is 17.4 Å². The van der Waals surface area contributed by atoms with Gasteiger partial charge in [-0.15, -0.1) is 11.3 Å². The zero-order valence-electron chi connectivity index (χ0n) is 8.75. The second-order valence-electron chi connectivity index (χ2n) is 3.24. The summed E-state index contributed by atoms with van der Waals surface area (Å²) in [4.78, 5) is 7.33. The van der Waals surface area contributed by atoms with Gasteiger partial charge in [-0.1, -0.05) is 0 Å². The zero-order valence-corrected chi connectivity index (χ0v) is 10.4. The Balaban J connectivity index is 2.08. The monoisotopic (exact) mass is 273 g/mol. The highest BCUT2D eigenvalue weighted by Crippen LogP contribution is 2.21. The molecule has 0 radical (unpaired) electrons. The van der Waals surface area contributed by atoms with Crippen molar-refractivity contribution in [2.24, 2.45) is 0 Å². The van der Waals surface area contributed by atoms with Gasteiger partial charge in [-0.3, -0.25) is 0 Å². The van der Waals surface area contributed by atoms with Crippen LogP contribution in [0.4, 0.5) is 0 Å². The third kappa shape index (κ3) is 2.91. The number of thiophene rings is 1. The van der Waals surface area contributed by atoms with E-state index >= 15 is 0 Å². The summed E-state index contributed by atoms with van der Waals surface area (Å²) in [6.45, 7) is -0.0416. The highest BCUT2D eigenvalue weighted by Gasteiger charge is 2.16. The number of rotatable bonds is 5. The highest BCUT2D eigenvalue weighted by atomic mass is 32.2. The van der Waals surface area contributed by atoms with Crippen LogP contribution in [0.1, 0.15) is 10.7 Å². The van der Waals surface area contributed by atoms with Gasteiger partial charge in [0.05, 0.1) is 13.2 Å². The standard InChI is InChI=1S/C9H11N3O3S2/c13-6-7-1-2-9(16-7)17(14,15)12-5-8-10-3-4-11-8/h1-4,12-13H,5-6H2,(H,10,11). The molecule has 0 fully saturated rings. The number of aliphatic hydroxyl groups excluding tert-OH is 1. The fraction of sp³-hybridized carbons (Fsp3) is 0.222. The zero-order chi connectivity index (χ0) is 12.3. The number of aliphatic hydroxyl groups is 1. The summed E-state index contributed by atoms with van der Waals surface area (Å²) < 4.78 is 26.3. The average Bonchev–Trinajstić information content (AvgIpc) is 2.98. The van der Waals surface area contributed by atoms with Crippen molar-refractivity contribution in [1.82, 2.24) is 14.7 Å². The first-order valence-electron chi connectivity index (χ1n) is 4.79. The van der Waals surface area contributed by atoms with Gasteiger partial charge < -0.3 is 10.1 Å². The van der Waals surface area contributed by atoms with Crippen molar-refractivity contribution in [3.05, 3.63) is 35.2 Å². The Morgan fingerprint density at radius 2 is 2.29 bits per heavy atom. The summed E-state index contributed by atoms with van der Waals surface area (Å²) in [5, 5.41) is 8.88. The van der Waals surface area contributed by atoms with Crippen LogP contribution in [0.2, 0.25) is 0 Å². The van der Waals surface area contributed by atoms with E-state index in [0.29, 0.717) is 10.7 Å². The maximum atomic E-state index is 11.8. The van der Waals surface area contributed by atoms with Crippen molar-refractivity contribution in [3.63, 3.8) is 0 Å². The molecule has 0 unspecified atom stereocenters. The van der Waals surface area contributed by atoms with Crippen molar-refractivity contribution < 1.29 is 13.5 Å². The van der Waals surface area contributed by atoms with Crippen molar-refractivity contribution in [1.29, 1.82) is 0 Å². The molecule has 0 aliphatic rings. The molecule has 0 saturated carbocycles. The lowest BCUT2D eigenvalue weighted by atomic mass is 10.5. The van der Waals surface area contributed by atoms with Gasteiger partial charge in [-0.05, 0) is 12.1 Å². The summed E-state index contributed by atoms with van der Waals surface area (Å²) in [6.07, 6.45) is 3.18. The number of nitrogens with zero attached hydrogens (tertiary/aromatic N) is 1. The van der Waals surface area contributed by atoms with Gasteiger partial charge in [-0.2, -0.15) is 0 Å². The number of sulfonamides is 1. The van der Waals surface area contributed by atoms with E-state index in [1.54, 1.807) is 18.5 Å². The third-order valence-corrected chi connectivity index (χ3v) is 5.01. The molecule has 0 aromatic carbocycles. The Morgan fingerprint density at radius 3 is 2.88 bits per heavy atom. The topological polar surface area (TPSA) is 95.1 Å². The second-order valence-corrected chi connectivity index (χ2v) is 6.40. The first-order valence-corrected chi connectivity index (χ1v) is 7.09. The lowest BCUT2D eigenvalue weighted by Crippen LogP contribution is -2.22. The molecule has 2 aromatic rings. The first kappa shape index (κ1) is 12.2. The van der Waals surface area contributed by atoms with E-state index in [0.717, 1.165) is 11.3 Å². The fourth-order valence-electron chi connectivity index (χ4n) is 1.22. The predicted molar refractivity (Wildman–Crippen MR) is 62.9 cm³/mol. The molecule has 0 aliphatic heterocycles. The third-order valence-electron chi connectivity index (χ3n) is 2.04. The molecule has 3 N–H and O–H groups in total. The van der Waals surface area contributed by atoms with Crippen molar-refractivity contribution >= 4 is 21.4 Å². The fourth-order valence-corrected chi connectivity index (χ4v) is 3.46. The molecule has 17 heavy (non-hydrogen) atoms. The molecule has 2 aromatic heterocycles. The molecule has 0 aliphatic carbocycles. The Kier molecular flexibility index (Phi) is 3.57. The Bertz CT molecular complexity index is 574. The molecule has 2 rings (SSSR count). The van der Waals surface area contributed by atoms with Gasteiger partial charge >= 0.3 is 0 Å². The summed E-state index contributed by atoms with van der Waals surface area (Å²) in [6, 6.07) is 3.06. The molecule has 0 amide bonds. The molecule has 0 spiro atoms.